The van der Waals surface area contributed by atoms with Crippen molar-refractivity contribution in [2.24, 2.45) is 5.41 Å². The van der Waals surface area contributed by atoms with E-state index in [1.165, 1.54) is 0 Å². The van der Waals surface area contributed by atoms with Gasteiger partial charge >= 0.3 is 5.97 Å². The van der Waals surface area contributed by atoms with Crippen LogP contribution < -0.4 is 0 Å². The first-order valence-electron chi connectivity index (χ1n) is 7.10. The first-order valence-corrected chi connectivity index (χ1v) is 7.10. The van der Waals surface area contributed by atoms with E-state index in [0.29, 0.717) is 0 Å². The third kappa shape index (κ3) is 3.81. The van der Waals surface area contributed by atoms with Crippen LogP contribution in [-0.4, -0.2) is 28.6 Å². The van der Waals surface area contributed by atoms with Crippen molar-refractivity contribution in [1.82, 2.24) is 10.2 Å². The van der Waals surface area contributed by atoms with E-state index >= 15 is 0 Å². The summed E-state index contributed by atoms with van der Waals surface area (Å²) in [5.41, 5.74) is 2.46. The Morgan fingerprint density at radius 2 is 1.82 bits per heavy atom. The molecule has 116 valence electrons. The molecule has 2 rings (SSSR count). The Labute approximate surface area is 129 Å². The number of esters is 1. The van der Waals surface area contributed by atoms with Gasteiger partial charge in [-0.15, -0.1) is 0 Å². The molecule has 2 aromatic rings. The third-order valence-electron chi connectivity index (χ3n) is 3.32. The van der Waals surface area contributed by atoms with Gasteiger partial charge in [-0.1, -0.05) is 50.6 Å². The lowest BCUT2D eigenvalue weighted by molar-refractivity contribution is -0.129. The first kappa shape index (κ1) is 15.9. The molecule has 1 N–H and O–H groups in total. The van der Waals surface area contributed by atoms with Gasteiger partial charge in [0.15, 0.2) is 18.1 Å². The van der Waals surface area contributed by atoms with Crippen molar-refractivity contribution >= 4 is 11.8 Å². The van der Waals surface area contributed by atoms with Gasteiger partial charge in [0.25, 0.3) is 0 Å². The average Bonchev–Trinajstić information content (AvgIpc) is 2.94. The van der Waals surface area contributed by atoms with Crippen LogP contribution in [0.1, 0.15) is 36.8 Å². The normalized spacial score (nSPS) is 11.3. The van der Waals surface area contributed by atoms with E-state index in [0.717, 1.165) is 16.8 Å². The van der Waals surface area contributed by atoms with Crippen LogP contribution >= 0.6 is 0 Å². The lowest BCUT2D eigenvalue weighted by Gasteiger charge is -2.15. The van der Waals surface area contributed by atoms with E-state index in [-0.39, 0.29) is 18.1 Å². The van der Waals surface area contributed by atoms with Crippen LogP contribution in [-0.2, 0) is 9.53 Å². The van der Waals surface area contributed by atoms with Gasteiger partial charge in [-0.05, 0) is 18.6 Å². The Balaban J connectivity index is 2.03. The summed E-state index contributed by atoms with van der Waals surface area (Å²) in [7, 11) is 0. The topological polar surface area (TPSA) is 72.1 Å². The second kappa shape index (κ2) is 6.13. The van der Waals surface area contributed by atoms with Crippen molar-refractivity contribution in [3.63, 3.8) is 0 Å². The fourth-order valence-corrected chi connectivity index (χ4v) is 1.73. The number of Topliss-reactive ketones (excluding diaryl/α,β-unsaturated/α-hetero) is 1. The number of ketones is 1. The van der Waals surface area contributed by atoms with E-state index in [9.17, 15) is 9.59 Å². The highest BCUT2D eigenvalue weighted by Crippen LogP contribution is 2.19. The average molecular weight is 300 g/mol. The SMILES string of the molecule is Cc1ccc(-c2cc(C(=O)OCC(=O)C(C)(C)C)n[nH]2)cc1. The third-order valence-corrected chi connectivity index (χ3v) is 3.32. The number of H-pyrrole nitrogens is 1. The summed E-state index contributed by atoms with van der Waals surface area (Å²) in [5, 5.41) is 6.75. The maximum atomic E-state index is 11.9. The zero-order valence-electron chi connectivity index (χ0n) is 13.3. The maximum absolute atomic E-state index is 11.9. The molecule has 1 heterocycles. The van der Waals surface area contributed by atoms with Crippen molar-refractivity contribution in [2.45, 2.75) is 27.7 Å². The first-order chi connectivity index (χ1) is 10.3. The molecule has 0 aliphatic carbocycles. The van der Waals surface area contributed by atoms with E-state index in [1.54, 1.807) is 26.8 Å². The van der Waals surface area contributed by atoms with E-state index in [4.69, 9.17) is 4.74 Å². The van der Waals surface area contributed by atoms with E-state index in [1.807, 2.05) is 31.2 Å². The number of aromatic amines is 1. The molecule has 0 atom stereocenters. The quantitative estimate of drug-likeness (QED) is 0.880. The van der Waals surface area contributed by atoms with Gasteiger partial charge in [0.05, 0.1) is 5.69 Å². The number of rotatable bonds is 4. The highest BCUT2D eigenvalue weighted by atomic mass is 16.5. The van der Waals surface area contributed by atoms with Gasteiger partial charge in [0.1, 0.15) is 0 Å². The van der Waals surface area contributed by atoms with Crippen LogP contribution in [0.4, 0.5) is 0 Å². The standard InChI is InChI=1S/C17H20N2O3/c1-11-5-7-12(8-6-11)13-9-14(19-18-13)16(21)22-10-15(20)17(2,3)4/h5-9H,10H2,1-4H3,(H,18,19). The molecule has 1 aromatic heterocycles. The van der Waals surface area contributed by atoms with Crippen molar-refractivity contribution in [1.29, 1.82) is 0 Å². The zero-order chi connectivity index (χ0) is 16.3. The minimum Gasteiger partial charge on any atom is -0.453 e. The molecular formula is C17H20N2O3. The Morgan fingerprint density at radius 1 is 1.18 bits per heavy atom. The Bertz CT molecular complexity index is 679. The monoisotopic (exact) mass is 300 g/mol. The lowest BCUT2D eigenvalue weighted by Crippen LogP contribution is -2.26. The number of hydrogen-bond donors (Lipinski definition) is 1. The maximum Gasteiger partial charge on any atom is 0.359 e. The molecule has 22 heavy (non-hydrogen) atoms. The van der Waals surface area contributed by atoms with Gasteiger partial charge in [0.2, 0.25) is 0 Å². The number of nitrogens with one attached hydrogen (secondary N) is 1. The summed E-state index contributed by atoms with van der Waals surface area (Å²) in [6, 6.07) is 9.48. The van der Waals surface area contributed by atoms with Gasteiger partial charge in [-0.25, -0.2) is 4.79 Å². The number of aromatic nitrogens is 2. The molecule has 0 unspecified atom stereocenters. The molecule has 1 aromatic carbocycles. The van der Waals surface area contributed by atoms with Crippen LogP contribution in [0.5, 0.6) is 0 Å². The molecule has 5 nitrogen and oxygen atoms in total. The fourth-order valence-electron chi connectivity index (χ4n) is 1.73. The molecule has 0 aliphatic heterocycles. The molecule has 0 amide bonds. The number of ether oxygens (including phenoxy) is 1. The minimum atomic E-state index is -0.604. The van der Waals surface area contributed by atoms with Crippen LogP contribution in [0.2, 0.25) is 0 Å². The van der Waals surface area contributed by atoms with Crippen molar-refractivity contribution in [3.8, 4) is 11.3 Å². The number of nitrogens with zero attached hydrogens (tertiary/aromatic N) is 1. The number of carbonyl (C=O) groups is 2. The lowest BCUT2D eigenvalue weighted by atomic mass is 9.91. The molecule has 5 heteroatoms. The molecule has 0 saturated carbocycles. The van der Waals surface area contributed by atoms with E-state index < -0.39 is 11.4 Å². The predicted octanol–water partition coefficient (Wildman–Crippen LogP) is 3.16. The number of aryl methyl sites for hydroxylation is 1. The molecule has 0 saturated heterocycles. The largest absolute Gasteiger partial charge is 0.453 e. The molecule has 0 aliphatic rings. The number of carbonyl (C=O) groups excluding carboxylic acids is 2. The summed E-state index contributed by atoms with van der Waals surface area (Å²) in [6.45, 7) is 7.12. The van der Waals surface area contributed by atoms with Gasteiger partial charge in [0, 0.05) is 5.41 Å². The zero-order valence-corrected chi connectivity index (χ0v) is 13.3. The molecule has 0 bridgehead atoms. The summed E-state index contributed by atoms with van der Waals surface area (Å²) >= 11 is 0. The molecule has 0 fully saturated rings. The molecule has 0 spiro atoms. The van der Waals surface area contributed by atoms with Gasteiger partial charge in [-0.2, -0.15) is 5.10 Å². The smallest absolute Gasteiger partial charge is 0.359 e. The van der Waals surface area contributed by atoms with Gasteiger partial charge in [-0.3, -0.25) is 9.89 Å². The predicted molar refractivity (Wildman–Crippen MR) is 83.5 cm³/mol. The summed E-state index contributed by atoms with van der Waals surface area (Å²) in [6.07, 6.45) is 0. The Morgan fingerprint density at radius 3 is 2.41 bits per heavy atom. The van der Waals surface area contributed by atoms with Crippen LogP contribution in [0.15, 0.2) is 30.3 Å². The summed E-state index contributed by atoms with van der Waals surface area (Å²) in [4.78, 5) is 23.7. The summed E-state index contributed by atoms with van der Waals surface area (Å²) in [5.74, 6) is -0.734. The molecule has 0 radical (unpaired) electrons. The van der Waals surface area contributed by atoms with Crippen LogP contribution in [0.25, 0.3) is 11.3 Å². The second-order valence-corrected chi connectivity index (χ2v) is 6.28. The summed E-state index contributed by atoms with van der Waals surface area (Å²) < 4.78 is 5.01. The van der Waals surface area contributed by atoms with Crippen LogP contribution in [0, 0.1) is 12.3 Å². The minimum absolute atomic E-state index is 0.129. The highest BCUT2D eigenvalue weighted by molar-refractivity contribution is 5.92. The van der Waals surface area contributed by atoms with Crippen molar-refractivity contribution in [2.75, 3.05) is 6.61 Å². The molecular weight excluding hydrogens is 280 g/mol. The highest BCUT2D eigenvalue weighted by Gasteiger charge is 2.23. The Hall–Kier alpha value is -2.43. The number of benzene rings is 1. The fraction of sp³-hybridized carbons (Fsp3) is 0.353. The van der Waals surface area contributed by atoms with Crippen molar-refractivity contribution in [3.05, 3.63) is 41.6 Å². The van der Waals surface area contributed by atoms with E-state index in [2.05, 4.69) is 10.2 Å². The number of hydrogen-bond acceptors (Lipinski definition) is 4. The Kier molecular flexibility index (Phi) is 4.45. The second-order valence-electron chi connectivity index (χ2n) is 6.28. The van der Waals surface area contributed by atoms with Crippen LogP contribution in [0.3, 0.4) is 0 Å². The van der Waals surface area contributed by atoms with Crippen molar-refractivity contribution < 1.29 is 14.3 Å². The van der Waals surface area contributed by atoms with Gasteiger partial charge < -0.3 is 4.74 Å².